The van der Waals surface area contributed by atoms with Crippen molar-refractivity contribution in [2.45, 2.75) is 39.2 Å². The van der Waals surface area contributed by atoms with Crippen molar-refractivity contribution < 1.29 is 4.79 Å². The lowest BCUT2D eigenvalue weighted by Crippen LogP contribution is -2.39. The quantitative estimate of drug-likeness (QED) is 0.843. The molecule has 0 aliphatic carbocycles. The lowest BCUT2D eigenvalue weighted by molar-refractivity contribution is -0.135. The summed E-state index contributed by atoms with van der Waals surface area (Å²) in [6.45, 7) is 5.53. The molecule has 1 aliphatic rings. The standard InChI is InChI=1S/C12H20N4O/c1-9-8-16(14-11(9)13)10(2)12(17)15-6-4-3-5-7-15/h8,10H,3-7H2,1-2H3,(H2,13,14). The Hall–Kier alpha value is -1.52. The molecule has 0 aromatic carbocycles. The highest BCUT2D eigenvalue weighted by atomic mass is 16.2. The van der Waals surface area contributed by atoms with E-state index < -0.39 is 0 Å². The Kier molecular flexibility index (Phi) is 3.36. The van der Waals surface area contributed by atoms with Crippen molar-refractivity contribution in [1.29, 1.82) is 0 Å². The van der Waals surface area contributed by atoms with Crippen molar-refractivity contribution in [1.82, 2.24) is 14.7 Å². The van der Waals surface area contributed by atoms with Gasteiger partial charge in [-0.25, -0.2) is 0 Å². The van der Waals surface area contributed by atoms with Gasteiger partial charge in [-0.3, -0.25) is 9.48 Å². The summed E-state index contributed by atoms with van der Waals surface area (Å²) < 4.78 is 1.67. The van der Waals surface area contributed by atoms with Gasteiger partial charge in [-0.2, -0.15) is 5.10 Å². The molecule has 1 saturated heterocycles. The van der Waals surface area contributed by atoms with Gasteiger partial charge in [0.1, 0.15) is 11.9 Å². The number of carbonyl (C=O) groups is 1. The van der Waals surface area contributed by atoms with E-state index >= 15 is 0 Å². The molecule has 1 amide bonds. The van der Waals surface area contributed by atoms with Crippen molar-refractivity contribution >= 4 is 11.7 Å². The second kappa shape index (κ2) is 4.77. The lowest BCUT2D eigenvalue weighted by atomic mass is 10.1. The molecule has 17 heavy (non-hydrogen) atoms. The summed E-state index contributed by atoms with van der Waals surface area (Å²) in [5, 5.41) is 4.17. The molecule has 1 unspecified atom stereocenters. The largest absolute Gasteiger partial charge is 0.382 e. The van der Waals surface area contributed by atoms with Crippen LogP contribution in [0, 0.1) is 6.92 Å². The van der Waals surface area contributed by atoms with Gasteiger partial charge < -0.3 is 10.6 Å². The fraction of sp³-hybridized carbons (Fsp3) is 0.667. The maximum atomic E-state index is 12.2. The first-order valence-electron chi connectivity index (χ1n) is 6.19. The Morgan fingerprint density at radius 3 is 2.59 bits per heavy atom. The predicted molar refractivity (Wildman–Crippen MR) is 66.5 cm³/mol. The van der Waals surface area contributed by atoms with Crippen molar-refractivity contribution in [3.63, 3.8) is 0 Å². The minimum atomic E-state index is -0.260. The Labute approximate surface area is 102 Å². The first-order valence-corrected chi connectivity index (χ1v) is 6.19. The zero-order valence-electron chi connectivity index (χ0n) is 10.5. The molecule has 2 N–H and O–H groups in total. The molecular formula is C12H20N4O. The molecule has 1 fully saturated rings. The predicted octanol–water partition coefficient (Wildman–Crippen LogP) is 1.35. The van der Waals surface area contributed by atoms with Crippen LogP contribution in [0.5, 0.6) is 0 Å². The van der Waals surface area contributed by atoms with E-state index in [1.807, 2.05) is 24.9 Å². The van der Waals surface area contributed by atoms with Gasteiger partial charge in [0.2, 0.25) is 5.91 Å². The first-order chi connectivity index (χ1) is 8.09. The Bertz CT molecular complexity index is 387. The molecule has 5 nitrogen and oxygen atoms in total. The van der Waals surface area contributed by atoms with E-state index in [4.69, 9.17) is 5.73 Å². The van der Waals surface area contributed by atoms with Crippen LogP contribution in [0.15, 0.2) is 6.20 Å². The van der Waals surface area contributed by atoms with Gasteiger partial charge in [0.25, 0.3) is 0 Å². The molecule has 0 spiro atoms. The van der Waals surface area contributed by atoms with Gasteiger partial charge in [-0.1, -0.05) is 0 Å². The molecule has 94 valence electrons. The topological polar surface area (TPSA) is 64.2 Å². The number of anilines is 1. The second-order valence-electron chi connectivity index (χ2n) is 4.74. The number of likely N-dealkylation sites (tertiary alicyclic amines) is 1. The number of amides is 1. The van der Waals surface area contributed by atoms with Crippen molar-refractivity contribution in [2.75, 3.05) is 18.8 Å². The molecule has 2 rings (SSSR count). The van der Waals surface area contributed by atoms with Crippen molar-refractivity contribution in [3.05, 3.63) is 11.8 Å². The van der Waals surface area contributed by atoms with E-state index in [2.05, 4.69) is 5.10 Å². The zero-order valence-corrected chi connectivity index (χ0v) is 10.5. The minimum absolute atomic E-state index is 0.146. The summed E-state index contributed by atoms with van der Waals surface area (Å²) >= 11 is 0. The number of nitrogen functional groups attached to an aromatic ring is 1. The van der Waals surface area contributed by atoms with Gasteiger partial charge >= 0.3 is 0 Å². The number of carbonyl (C=O) groups excluding carboxylic acids is 1. The number of piperidine rings is 1. The molecule has 0 bridgehead atoms. The molecule has 1 atom stereocenters. The van der Waals surface area contributed by atoms with Gasteiger partial charge in [-0.05, 0) is 33.1 Å². The van der Waals surface area contributed by atoms with E-state index in [-0.39, 0.29) is 11.9 Å². The van der Waals surface area contributed by atoms with Crippen LogP contribution in [0.25, 0.3) is 0 Å². The van der Waals surface area contributed by atoms with Crippen LogP contribution in [0.3, 0.4) is 0 Å². The van der Waals surface area contributed by atoms with E-state index in [0.29, 0.717) is 5.82 Å². The van der Waals surface area contributed by atoms with Crippen LogP contribution >= 0.6 is 0 Å². The summed E-state index contributed by atoms with van der Waals surface area (Å²) in [7, 11) is 0. The lowest BCUT2D eigenvalue weighted by Gasteiger charge is -2.29. The van der Waals surface area contributed by atoms with E-state index in [1.54, 1.807) is 4.68 Å². The average Bonchev–Trinajstić information content (AvgIpc) is 2.69. The van der Waals surface area contributed by atoms with Crippen LogP contribution < -0.4 is 5.73 Å². The number of hydrogen-bond acceptors (Lipinski definition) is 3. The monoisotopic (exact) mass is 236 g/mol. The van der Waals surface area contributed by atoms with Crippen molar-refractivity contribution in [3.8, 4) is 0 Å². The van der Waals surface area contributed by atoms with E-state index in [1.165, 1.54) is 6.42 Å². The van der Waals surface area contributed by atoms with Gasteiger partial charge in [-0.15, -0.1) is 0 Å². The van der Waals surface area contributed by atoms with Crippen LogP contribution in [-0.2, 0) is 4.79 Å². The fourth-order valence-corrected chi connectivity index (χ4v) is 2.19. The summed E-state index contributed by atoms with van der Waals surface area (Å²) in [5.74, 6) is 0.649. The first kappa shape index (κ1) is 12.0. The van der Waals surface area contributed by atoms with Crippen LogP contribution in [0.4, 0.5) is 5.82 Å². The number of hydrogen-bond donors (Lipinski definition) is 1. The summed E-state index contributed by atoms with van der Waals surface area (Å²) in [6, 6.07) is -0.260. The number of nitrogens with zero attached hydrogens (tertiary/aromatic N) is 3. The molecule has 1 aliphatic heterocycles. The molecule has 2 heterocycles. The number of aryl methyl sites for hydroxylation is 1. The van der Waals surface area contributed by atoms with Crippen LogP contribution in [0.2, 0.25) is 0 Å². The fourth-order valence-electron chi connectivity index (χ4n) is 2.19. The highest BCUT2D eigenvalue weighted by Crippen LogP contribution is 2.17. The SMILES string of the molecule is Cc1cn(C(C)C(=O)N2CCCCC2)nc1N. The van der Waals surface area contributed by atoms with E-state index in [0.717, 1.165) is 31.5 Å². The number of aromatic nitrogens is 2. The van der Waals surface area contributed by atoms with Crippen LogP contribution in [0.1, 0.15) is 37.8 Å². The number of rotatable bonds is 2. The van der Waals surface area contributed by atoms with Crippen molar-refractivity contribution in [2.24, 2.45) is 0 Å². The Morgan fingerprint density at radius 1 is 1.41 bits per heavy atom. The summed E-state index contributed by atoms with van der Waals surface area (Å²) in [6.07, 6.45) is 5.28. The third-order valence-corrected chi connectivity index (χ3v) is 3.38. The molecule has 0 radical (unpaired) electrons. The maximum Gasteiger partial charge on any atom is 0.247 e. The third kappa shape index (κ3) is 2.43. The van der Waals surface area contributed by atoms with Gasteiger partial charge in [0.15, 0.2) is 0 Å². The Morgan fingerprint density at radius 2 is 2.06 bits per heavy atom. The van der Waals surface area contributed by atoms with Gasteiger partial charge in [0.05, 0.1) is 0 Å². The summed E-state index contributed by atoms with van der Waals surface area (Å²) in [4.78, 5) is 14.2. The molecule has 0 saturated carbocycles. The molecule has 5 heteroatoms. The highest BCUT2D eigenvalue weighted by Gasteiger charge is 2.24. The number of nitrogens with two attached hydrogens (primary N) is 1. The summed E-state index contributed by atoms with van der Waals surface area (Å²) in [5.41, 5.74) is 6.62. The maximum absolute atomic E-state index is 12.2. The minimum Gasteiger partial charge on any atom is -0.382 e. The second-order valence-corrected chi connectivity index (χ2v) is 4.74. The zero-order chi connectivity index (χ0) is 12.4. The highest BCUT2D eigenvalue weighted by molar-refractivity contribution is 5.80. The smallest absolute Gasteiger partial charge is 0.247 e. The molecule has 1 aromatic heterocycles. The molecule has 1 aromatic rings. The third-order valence-electron chi connectivity index (χ3n) is 3.38. The Balaban J connectivity index is 2.08. The molecular weight excluding hydrogens is 216 g/mol. The normalized spacial score (nSPS) is 18.1. The average molecular weight is 236 g/mol. The van der Waals surface area contributed by atoms with Gasteiger partial charge in [0, 0.05) is 24.8 Å². The van der Waals surface area contributed by atoms with E-state index in [9.17, 15) is 4.79 Å². The van der Waals surface area contributed by atoms with Crippen LogP contribution in [-0.4, -0.2) is 33.7 Å².